The number of nitrogens with zero attached hydrogens (tertiary/aromatic N) is 1. The highest BCUT2D eigenvalue weighted by atomic mass is 32.2. The maximum Gasteiger partial charge on any atom is 0.207 e. The zero-order valence-corrected chi connectivity index (χ0v) is 17.1. The van der Waals surface area contributed by atoms with E-state index in [0.29, 0.717) is 9.79 Å². The molecule has 31 heavy (non-hydrogen) atoms. The van der Waals surface area contributed by atoms with Gasteiger partial charge in [0.1, 0.15) is 0 Å². The minimum absolute atomic E-state index is 0.360. The molecule has 5 aromatic rings. The van der Waals surface area contributed by atoms with Crippen LogP contribution in [0.3, 0.4) is 0 Å². The van der Waals surface area contributed by atoms with Crippen molar-refractivity contribution in [2.45, 2.75) is 9.79 Å². The van der Waals surface area contributed by atoms with Crippen LogP contribution in [0.2, 0.25) is 0 Å². The van der Waals surface area contributed by atoms with Crippen LogP contribution in [0.1, 0.15) is 0 Å². The monoisotopic (exact) mass is 417 g/mol. The van der Waals surface area contributed by atoms with Gasteiger partial charge in [0.2, 0.25) is 9.84 Å². The van der Waals surface area contributed by atoms with Crippen LogP contribution in [0.15, 0.2) is 101 Å². The second-order valence-electron chi connectivity index (χ2n) is 7.98. The Morgan fingerprint density at radius 2 is 1.16 bits per heavy atom. The average Bonchev–Trinajstić information content (AvgIpc) is 3.25. The fraction of sp³-hybridized carbons (Fsp3) is 0. The quantitative estimate of drug-likeness (QED) is 0.312. The fourth-order valence-corrected chi connectivity index (χ4v) is 6.79. The molecule has 0 bridgehead atoms. The number of sulfone groups is 1. The van der Waals surface area contributed by atoms with Gasteiger partial charge in [-0.1, -0.05) is 66.7 Å². The van der Waals surface area contributed by atoms with E-state index in [1.165, 1.54) is 16.7 Å². The van der Waals surface area contributed by atoms with Crippen molar-refractivity contribution in [3.05, 3.63) is 91.0 Å². The van der Waals surface area contributed by atoms with E-state index in [1.807, 2.05) is 36.4 Å². The van der Waals surface area contributed by atoms with Crippen LogP contribution in [0.5, 0.6) is 0 Å². The van der Waals surface area contributed by atoms with Crippen molar-refractivity contribution in [2.75, 3.05) is 0 Å². The van der Waals surface area contributed by atoms with Crippen molar-refractivity contribution >= 4 is 20.7 Å². The molecule has 0 unspecified atom stereocenters. The molecular formula is C27H15NO2S. The van der Waals surface area contributed by atoms with E-state index in [4.69, 9.17) is 4.98 Å². The van der Waals surface area contributed by atoms with Gasteiger partial charge in [-0.05, 0) is 46.5 Å². The van der Waals surface area contributed by atoms with Gasteiger partial charge < -0.3 is 0 Å². The summed E-state index contributed by atoms with van der Waals surface area (Å²) < 4.78 is 26.3. The molecule has 2 heterocycles. The summed E-state index contributed by atoms with van der Waals surface area (Å²) >= 11 is 0. The molecule has 4 heteroatoms. The molecule has 3 nitrogen and oxygen atoms in total. The second-order valence-corrected chi connectivity index (χ2v) is 9.87. The van der Waals surface area contributed by atoms with E-state index in [2.05, 4.69) is 36.4 Å². The van der Waals surface area contributed by atoms with Crippen molar-refractivity contribution in [3.8, 4) is 44.6 Å². The lowest BCUT2D eigenvalue weighted by atomic mass is 9.95. The summed E-state index contributed by atoms with van der Waals surface area (Å²) in [6, 6.07) is 29.4. The molecule has 0 N–H and O–H groups in total. The van der Waals surface area contributed by atoms with Crippen molar-refractivity contribution < 1.29 is 8.42 Å². The van der Waals surface area contributed by atoms with Crippen molar-refractivity contribution in [1.29, 1.82) is 0 Å². The van der Waals surface area contributed by atoms with Crippen LogP contribution in [0.4, 0.5) is 0 Å². The molecule has 0 radical (unpaired) electrons. The predicted octanol–water partition coefficient (Wildman–Crippen LogP) is 6.36. The topological polar surface area (TPSA) is 47.0 Å². The molecule has 0 fully saturated rings. The van der Waals surface area contributed by atoms with Crippen LogP contribution in [-0.4, -0.2) is 13.4 Å². The molecule has 2 aliphatic rings. The summed E-state index contributed by atoms with van der Waals surface area (Å²) in [4.78, 5) is 5.72. The van der Waals surface area contributed by atoms with E-state index in [1.54, 1.807) is 18.2 Å². The predicted molar refractivity (Wildman–Crippen MR) is 122 cm³/mol. The van der Waals surface area contributed by atoms with E-state index in [0.717, 1.165) is 38.9 Å². The van der Waals surface area contributed by atoms with Crippen LogP contribution in [0.25, 0.3) is 55.5 Å². The Kier molecular flexibility index (Phi) is 3.11. The highest BCUT2D eigenvalue weighted by Gasteiger charge is 2.35. The van der Waals surface area contributed by atoms with E-state index < -0.39 is 9.84 Å². The van der Waals surface area contributed by atoms with Crippen molar-refractivity contribution in [3.63, 3.8) is 0 Å². The van der Waals surface area contributed by atoms with Gasteiger partial charge in [0.05, 0.1) is 21.0 Å². The Balaban J connectivity index is 1.59. The van der Waals surface area contributed by atoms with Crippen molar-refractivity contribution in [2.24, 2.45) is 0 Å². The van der Waals surface area contributed by atoms with E-state index in [-0.39, 0.29) is 0 Å². The Morgan fingerprint density at radius 1 is 0.548 bits per heavy atom. The minimum Gasteiger partial charge on any atom is -0.248 e. The lowest BCUT2D eigenvalue weighted by molar-refractivity contribution is 0.598. The number of aromatic nitrogens is 1. The minimum atomic E-state index is -3.52. The lowest BCUT2D eigenvalue weighted by Crippen LogP contribution is -1.96. The van der Waals surface area contributed by atoms with Gasteiger partial charge in [0.15, 0.2) is 0 Å². The molecule has 0 amide bonds. The molecular weight excluding hydrogens is 402 g/mol. The molecule has 0 saturated heterocycles. The second kappa shape index (κ2) is 5.68. The Morgan fingerprint density at radius 3 is 2.00 bits per heavy atom. The Labute approximate surface area is 179 Å². The highest BCUT2D eigenvalue weighted by Crippen LogP contribution is 2.50. The summed E-state index contributed by atoms with van der Waals surface area (Å²) in [5.41, 5.74) is 8.82. The van der Waals surface area contributed by atoms with Gasteiger partial charge >= 0.3 is 0 Å². The maximum atomic E-state index is 13.1. The molecule has 7 rings (SSSR count). The molecule has 146 valence electrons. The molecule has 0 atom stereocenters. The fourth-order valence-electron chi connectivity index (χ4n) is 5.09. The number of pyridine rings is 1. The van der Waals surface area contributed by atoms with Crippen LogP contribution >= 0.6 is 0 Å². The summed E-state index contributed by atoms with van der Waals surface area (Å²) in [5.74, 6) is 0. The molecule has 1 aromatic heterocycles. The number of fused-ring (bicyclic) bond motifs is 6. The molecule has 0 spiro atoms. The van der Waals surface area contributed by atoms with Crippen molar-refractivity contribution in [1.82, 2.24) is 4.98 Å². The first kappa shape index (κ1) is 17.0. The summed E-state index contributed by atoms with van der Waals surface area (Å²) in [6.07, 6.45) is 0. The normalized spacial score (nSPS) is 14.3. The lowest BCUT2D eigenvalue weighted by Gasteiger charge is -2.11. The largest absolute Gasteiger partial charge is 0.248 e. The first-order valence-electron chi connectivity index (χ1n) is 10.2. The SMILES string of the molecule is O=S1(=O)c2ccccc2-c2c(-c3cc4c5c(cccc5n3)-c3ccccc3-4)cccc21. The van der Waals surface area contributed by atoms with Crippen LogP contribution < -0.4 is 0 Å². The van der Waals surface area contributed by atoms with E-state index in [9.17, 15) is 8.42 Å². The van der Waals surface area contributed by atoms with Crippen LogP contribution in [0, 0.1) is 0 Å². The molecule has 4 aromatic carbocycles. The average molecular weight is 417 g/mol. The zero-order chi connectivity index (χ0) is 20.7. The van der Waals surface area contributed by atoms with Gasteiger partial charge in [0, 0.05) is 22.1 Å². The molecule has 0 saturated carbocycles. The summed E-state index contributed by atoms with van der Waals surface area (Å²) in [5, 5.41) is 1.16. The molecule has 1 aliphatic heterocycles. The third kappa shape index (κ3) is 2.07. The summed E-state index contributed by atoms with van der Waals surface area (Å²) in [7, 11) is -3.52. The summed E-state index contributed by atoms with van der Waals surface area (Å²) in [6.45, 7) is 0. The third-order valence-electron chi connectivity index (χ3n) is 6.38. The van der Waals surface area contributed by atoms with Gasteiger partial charge in [-0.3, -0.25) is 0 Å². The number of benzene rings is 4. The molecule has 1 aliphatic carbocycles. The number of hydrogen-bond acceptors (Lipinski definition) is 3. The Hall–Kier alpha value is -3.76. The number of hydrogen-bond donors (Lipinski definition) is 0. The van der Waals surface area contributed by atoms with Gasteiger partial charge in [0.25, 0.3) is 0 Å². The first-order chi connectivity index (χ1) is 15.1. The van der Waals surface area contributed by atoms with Crippen LogP contribution in [-0.2, 0) is 9.84 Å². The first-order valence-corrected chi connectivity index (χ1v) is 11.6. The van der Waals surface area contributed by atoms with Gasteiger partial charge in [-0.2, -0.15) is 0 Å². The zero-order valence-electron chi connectivity index (χ0n) is 16.3. The van der Waals surface area contributed by atoms with Gasteiger partial charge in [-0.25, -0.2) is 13.4 Å². The highest BCUT2D eigenvalue weighted by molar-refractivity contribution is 7.92. The maximum absolute atomic E-state index is 13.1. The Bertz CT molecular complexity index is 1700. The smallest absolute Gasteiger partial charge is 0.207 e. The third-order valence-corrected chi connectivity index (χ3v) is 8.23. The standard InChI is InChI=1S/C27H15NO2S/c29-31(30)24-13-4-3-9-20(24)27-19(11-6-14-25(27)31)23-15-21-17-8-2-1-7-16(17)18-10-5-12-22(28-23)26(18)21/h1-15H. The van der Waals surface area contributed by atoms with E-state index >= 15 is 0 Å². The van der Waals surface area contributed by atoms with Gasteiger partial charge in [-0.15, -0.1) is 0 Å². The number of rotatable bonds is 1.